The van der Waals surface area contributed by atoms with Crippen LogP contribution in [0.4, 0.5) is 0 Å². The molecule has 0 aliphatic heterocycles. The molecule has 0 heterocycles. The van der Waals surface area contributed by atoms with Gasteiger partial charge in [0, 0.05) is 0 Å². The van der Waals surface area contributed by atoms with Gasteiger partial charge in [0.25, 0.3) is 0 Å². The van der Waals surface area contributed by atoms with Gasteiger partial charge in [0.2, 0.25) is 0 Å². The van der Waals surface area contributed by atoms with Crippen LogP contribution in [-0.4, -0.2) is 0 Å². The van der Waals surface area contributed by atoms with Gasteiger partial charge in [0.1, 0.15) is 0 Å². The van der Waals surface area contributed by atoms with Crippen molar-refractivity contribution in [1.82, 2.24) is 0 Å². The first kappa shape index (κ1) is 28.6. The van der Waals surface area contributed by atoms with Gasteiger partial charge >= 0.3 is 0 Å². The van der Waals surface area contributed by atoms with Gasteiger partial charge in [-0.2, -0.15) is 0 Å². The SMILES string of the molecule is C/C=C1\C(=C/c2cc(-c3ccccc3C)c3c(c2-c2ccccc2C)-c2cc4cccc5ccc6ccc-3c2c6c54)c2cccc3cccc1c23. The molecule has 2 aliphatic rings. The van der Waals surface area contributed by atoms with Crippen LogP contribution >= 0.6 is 0 Å². The zero-order valence-electron chi connectivity index (χ0n) is 28.9. The summed E-state index contributed by atoms with van der Waals surface area (Å²) >= 11 is 0. The van der Waals surface area contributed by atoms with Crippen LogP contribution < -0.4 is 0 Å². The predicted octanol–water partition coefficient (Wildman–Crippen LogP) is 14.3. The second-order valence-corrected chi connectivity index (χ2v) is 14.4. The summed E-state index contributed by atoms with van der Waals surface area (Å²) < 4.78 is 0. The molecule has 0 saturated carbocycles. The van der Waals surface area contributed by atoms with Crippen molar-refractivity contribution in [2.24, 2.45) is 0 Å². The largest absolute Gasteiger partial charge is 0.0791 e. The average Bonchev–Trinajstić information content (AvgIpc) is 3.65. The first-order chi connectivity index (χ1) is 25.1. The van der Waals surface area contributed by atoms with E-state index in [2.05, 4.69) is 172 Å². The van der Waals surface area contributed by atoms with Crippen molar-refractivity contribution < 1.29 is 0 Å². The Morgan fingerprint density at radius 2 is 0.941 bits per heavy atom. The first-order valence-corrected chi connectivity index (χ1v) is 18.1. The molecule has 0 atom stereocenters. The van der Waals surface area contributed by atoms with Gasteiger partial charge in [-0.25, -0.2) is 0 Å². The van der Waals surface area contributed by atoms with E-state index in [1.165, 1.54) is 127 Å². The Morgan fingerprint density at radius 3 is 1.67 bits per heavy atom. The van der Waals surface area contributed by atoms with Crippen molar-refractivity contribution in [3.8, 4) is 44.5 Å². The smallest absolute Gasteiger partial charge is 0.000752 e. The summed E-state index contributed by atoms with van der Waals surface area (Å²) in [6.45, 7) is 6.71. The lowest BCUT2D eigenvalue weighted by atomic mass is 9.81. The van der Waals surface area contributed by atoms with Crippen molar-refractivity contribution >= 4 is 60.3 Å². The number of allylic oxidation sites excluding steroid dienone is 3. The van der Waals surface area contributed by atoms with Crippen LogP contribution in [0.15, 0.2) is 146 Å². The summed E-state index contributed by atoms with van der Waals surface area (Å²) in [6, 6.07) is 52.5. The Labute approximate surface area is 298 Å². The Balaban J connectivity index is 1.35. The van der Waals surface area contributed by atoms with Crippen LogP contribution in [0.1, 0.15) is 34.7 Å². The van der Waals surface area contributed by atoms with Crippen LogP contribution in [0.2, 0.25) is 0 Å². The third kappa shape index (κ3) is 3.80. The summed E-state index contributed by atoms with van der Waals surface area (Å²) in [4.78, 5) is 0. The Bertz CT molecular complexity index is 3030. The second-order valence-electron chi connectivity index (χ2n) is 14.4. The number of hydrogen-bond donors (Lipinski definition) is 0. The maximum atomic E-state index is 2.51. The molecule has 0 spiro atoms. The zero-order chi connectivity index (χ0) is 34.0. The van der Waals surface area contributed by atoms with Gasteiger partial charge in [-0.15, -0.1) is 0 Å². The number of fused-ring (bicyclic) bond motifs is 3. The number of benzene rings is 9. The highest BCUT2D eigenvalue weighted by molar-refractivity contribution is 6.34. The van der Waals surface area contributed by atoms with Crippen LogP contribution in [0, 0.1) is 13.8 Å². The highest BCUT2D eigenvalue weighted by Gasteiger charge is 2.33. The maximum absolute atomic E-state index is 2.51. The average molecular weight is 647 g/mol. The molecule has 2 aliphatic carbocycles. The summed E-state index contributed by atoms with van der Waals surface area (Å²) in [7, 11) is 0. The topological polar surface area (TPSA) is 0 Å². The van der Waals surface area contributed by atoms with Gasteiger partial charge in [-0.3, -0.25) is 0 Å². The lowest BCUT2D eigenvalue weighted by Crippen LogP contribution is -1.97. The van der Waals surface area contributed by atoms with Crippen molar-refractivity contribution in [3.63, 3.8) is 0 Å². The fourth-order valence-electron chi connectivity index (χ4n) is 9.56. The molecule has 0 heteroatoms. The molecule has 9 aromatic carbocycles. The van der Waals surface area contributed by atoms with Gasteiger partial charge in [-0.1, -0.05) is 133 Å². The fourth-order valence-corrected chi connectivity index (χ4v) is 9.56. The van der Waals surface area contributed by atoms with Crippen LogP contribution in [0.5, 0.6) is 0 Å². The molecule has 0 N–H and O–H groups in total. The summed E-state index contributed by atoms with van der Waals surface area (Å²) in [6.07, 6.45) is 4.81. The highest BCUT2D eigenvalue weighted by atomic mass is 14.3. The van der Waals surface area contributed by atoms with E-state index < -0.39 is 0 Å². The van der Waals surface area contributed by atoms with Crippen LogP contribution in [-0.2, 0) is 0 Å². The lowest BCUT2D eigenvalue weighted by Gasteiger charge is -2.21. The maximum Gasteiger partial charge on any atom is -0.000752 e. The summed E-state index contributed by atoms with van der Waals surface area (Å²) in [5, 5.41) is 10.7. The zero-order valence-corrected chi connectivity index (χ0v) is 28.9. The molecule has 0 aromatic heterocycles. The van der Waals surface area contributed by atoms with Crippen molar-refractivity contribution in [3.05, 3.63) is 173 Å². The molecule has 0 unspecified atom stereocenters. The number of aryl methyl sites for hydroxylation is 2. The third-order valence-electron chi connectivity index (χ3n) is 11.7. The second kappa shape index (κ2) is 10.4. The fraction of sp³-hybridized carbons (Fsp3) is 0.0588. The van der Waals surface area contributed by atoms with E-state index in [9.17, 15) is 0 Å². The Kier molecular flexibility index (Phi) is 5.82. The minimum atomic E-state index is 1.25. The minimum Gasteiger partial charge on any atom is -0.0791 e. The molecule has 0 nitrogen and oxygen atoms in total. The van der Waals surface area contributed by atoms with Crippen LogP contribution in [0.25, 0.3) is 105 Å². The molecule has 9 aromatic rings. The van der Waals surface area contributed by atoms with Crippen molar-refractivity contribution in [1.29, 1.82) is 0 Å². The number of hydrogen-bond acceptors (Lipinski definition) is 0. The molecule has 0 fully saturated rings. The summed E-state index contributed by atoms with van der Waals surface area (Å²) in [5.41, 5.74) is 19.6. The first-order valence-electron chi connectivity index (χ1n) is 18.1. The quantitative estimate of drug-likeness (QED) is 0.168. The molecule has 0 bridgehead atoms. The highest BCUT2D eigenvalue weighted by Crippen LogP contribution is 2.59. The number of rotatable bonds is 3. The van der Waals surface area contributed by atoms with Gasteiger partial charge < -0.3 is 0 Å². The van der Waals surface area contributed by atoms with E-state index in [1.807, 2.05) is 0 Å². The Hall–Kier alpha value is -6.24. The van der Waals surface area contributed by atoms with Gasteiger partial charge in [0.15, 0.2) is 0 Å². The van der Waals surface area contributed by atoms with Crippen molar-refractivity contribution in [2.45, 2.75) is 20.8 Å². The monoisotopic (exact) mass is 646 g/mol. The summed E-state index contributed by atoms with van der Waals surface area (Å²) in [5.74, 6) is 0. The molecule has 0 amide bonds. The van der Waals surface area contributed by atoms with E-state index in [0.29, 0.717) is 0 Å². The molecule has 238 valence electrons. The molecule has 51 heavy (non-hydrogen) atoms. The predicted molar refractivity (Wildman–Crippen MR) is 220 cm³/mol. The standard InChI is InChI=1S/C51H34/c1-4-36-39-20-10-15-31-16-11-21-40(46(31)39)42(36)27-35-28-43(37-18-7-5-12-29(37)2)49-41-25-24-33-23-22-32-14-9-17-34-26-44(50(41)48(33)45(32)34)51(49)47(35)38-19-8-6-13-30(38)3/h4-28H,1-3H3/b36-4-,42-27+. The minimum absolute atomic E-state index is 1.25. The molecule has 11 rings (SSSR count). The normalized spacial score (nSPS) is 14.6. The molecule has 0 saturated heterocycles. The molecular formula is C51H34. The van der Waals surface area contributed by atoms with Crippen LogP contribution in [0.3, 0.4) is 0 Å². The van der Waals surface area contributed by atoms with Crippen molar-refractivity contribution in [2.75, 3.05) is 0 Å². The Morgan fingerprint density at radius 1 is 0.353 bits per heavy atom. The van der Waals surface area contributed by atoms with E-state index in [4.69, 9.17) is 0 Å². The van der Waals surface area contributed by atoms with E-state index in [0.717, 1.165) is 0 Å². The van der Waals surface area contributed by atoms with E-state index >= 15 is 0 Å². The van der Waals surface area contributed by atoms with E-state index in [1.54, 1.807) is 0 Å². The molecular weight excluding hydrogens is 613 g/mol. The van der Waals surface area contributed by atoms with Gasteiger partial charge in [-0.05, 0) is 166 Å². The van der Waals surface area contributed by atoms with E-state index in [-0.39, 0.29) is 0 Å². The molecule has 0 radical (unpaired) electrons. The lowest BCUT2D eigenvalue weighted by molar-refractivity contribution is 1.44. The third-order valence-corrected chi connectivity index (χ3v) is 11.7. The van der Waals surface area contributed by atoms with Gasteiger partial charge in [0.05, 0.1) is 0 Å².